The maximum atomic E-state index is 14.6. The number of halogens is 1. The molecule has 0 atom stereocenters. The lowest BCUT2D eigenvalue weighted by atomic mass is 9.94. The second-order valence-corrected chi connectivity index (χ2v) is 8.65. The Morgan fingerprint density at radius 3 is 2.78 bits per heavy atom. The minimum Gasteiger partial charge on any atom is -0.314 e. The molecular formula is C24H23FN6O. The van der Waals surface area contributed by atoms with E-state index in [0.29, 0.717) is 28.3 Å². The van der Waals surface area contributed by atoms with Gasteiger partial charge in [-0.1, -0.05) is 24.3 Å². The van der Waals surface area contributed by atoms with Crippen LogP contribution >= 0.6 is 0 Å². The van der Waals surface area contributed by atoms with Crippen molar-refractivity contribution in [3.05, 3.63) is 75.3 Å². The van der Waals surface area contributed by atoms with Crippen LogP contribution in [0.25, 0.3) is 28.0 Å². The predicted molar refractivity (Wildman–Crippen MR) is 120 cm³/mol. The third kappa shape index (κ3) is 3.06. The summed E-state index contributed by atoms with van der Waals surface area (Å²) in [6.45, 7) is 5.87. The zero-order chi connectivity index (χ0) is 21.8. The second-order valence-electron chi connectivity index (χ2n) is 8.65. The van der Waals surface area contributed by atoms with Gasteiger partial charge in [0.05, 0.1) is 5.52 Å². The van der Waals surface area contributed by atoms with Crippen molar-refractivity contribution in [2.24, 2.45) is 0 Å². The molecule has 2 aromatic carbocycles. The Bertz CT molecular complexity index is 1380. The molecule has 0 radical (unpaired) electrons. The van der Waals surface area contributed by atoms with Crippen LogP contribution in [-0.2, 0) is 13.0 Å². The molecule has 2 N–H and O–H groups in total. The Kier molecular flexibility index (Phi) is 4.44. The minimum absolute atomic E-state index is 0.168. The van der Waals surface area contributed by atoms with Crippen molar-refractivity contribution in [2.75, 3.05) is 19.6 Å². The van der Waals surface area contributed by atoms with Crippen LogP contribution in [0.4, 0.5) is 4.39 Å². The van der Waals surface area contributed by atoms with Crippen molar-refractivity contribution in [2.45, 2.75) is 25.9 Å². The third-order valence-corrected chi connectivity index (χ3v) is 6.64. The van der Waals surface area contributed by atoms with E-state index in [4.69, 9.17) is 0 Å². The molecule has 0 saturated carbocycles. The molecule has 2 aliphatic rings. The first-order valence-corrected chi connectivity index (χ1v) is 10.9. The first-order valence-electron chi connectivity index (χ1n) is 10.9. The molecule has 0 aliphatic carbocycles. The summed E-state index contributed by atoms with van der Waals surface area (Å²) in [5.74, 6) is -0.483. The van der Waals surface area contributed by atoms with Gasteiger partial charge in [-0.15, -0.1) is 0 Å². The van der Waals surface area contributed by atoms with Crippen molar-refractivity contribution in [1.29, 1.82) is 0 Å². The van der Waals surface area contributed by atoms with Gasteiger partial charge in [0.1, 0.15) is 22.7 Å². The van der Waals surface area contributed by atoms with Gasteiger partial charge in [0.2, 0.25) is 0 Å². The maximum Gasteiger partial charge on any atom is 0.273 e. The van der Waals surface area contributed by atoms with Crippen LogP contribution in [-0.4, -0.2) is 50.6 Å². The molecular weight excluding hydrogens is 407 g/mol. The summed E-state index contributed by atoms with van der Waals surface area (Å²) in [6.07, 6.45) is 1.04. The summed E-state index contributed by atoms with van der Waals surface area (Å²) in [5.41, 5.74) is 5.75. The lowest BCUT2D eigenvalue weighted by Crippen LogP contribution is -2.57. The molecule has 0 unspecified atom stereocenters. The Morgan fingerprint density at radius 2 is 2.00 bits per heavy atom. The van der Waals surface area contributed by atoms with Gasteiger partial charge in [-0.25, -0.2) is 4.39 Å². The smallest absolute Gasteiger partial charge is 0.273 e. The fraction of sp³-hybridized carbons (Fsp3) is 0.292. The quantitative estimate of drug-likeness (QED) is 0.522. The van der Waals surface area contributed by atoms with Crippen LogP contribution in [0, 0.1) is 12.7 Å². The van der Waals surface area contributed by atoms with E-state index in [2.05, 4.69) is 43.7 Å². The van der Waals surface area contributed by atoms with Crippen molar-refractivity contribution in [3.63, 3.8) is 0 Å². The SMILES string of the molecule is Cc1cccc(F)c1-n1nc2c(-c3ccc4c(c3)CN(C3CNC3)CC4)n[nH]c2cc1=O. The highest BCUT2D eigenvalue weighted by atomic mass is 19.1. The fourth-order valence-electron chi connectivity index (χ4n) is 4.71. The molecule has 2 aliphatic heterocycles. The van der Waals surface area contributed by atoms with Crippen molar-refractivity contribution in [3.8, 4) is 16.9 Å². The van der Waals surface area contributed by atoms with Crippen molar-refractivity contribution in [1.82, 2.24) is 30.2 Å². The average Bonchev–Trinajstić information content (AvgIpc) is 3.14. The first-order chi connectivity index (χ1) is 15.6. The van der Waals surface area contributed by atoms with E-state index in [1.165, 1.54) is 23.3 Å². The summed E-state index contributed by atoms with van der Waals surface area (Å²) >= 11 is 0. The van der Waals surface area contributed by atoms with E-state index in [0.717, 1.165) is 42.8 Å². The van der Waals surface area contributed by atoms with Crippen molar-refractivity contribution >= 4 is 11.0 Å². The molecule has 4 heterocycles. The fourth-order valence-corrected chi connectivity index (χ4v) is 4.71. The Labute approximate surface area is 183 Å². The van der Waals surface area contributed by atoms with Gasteiger partial charge in [0.15, 0.2) is 0 Å². The van der Waals surface area contributed by atoms with Gasteiger partial charge in [0.25, 0.3) is 5.56 Å². The van der Waals surface area contributed by atoms with Gasteiger partial charge < -0.3 is 5.32 Å². The number of hydrogen-bond acceptors (Lipinski definition) is 5. The Balaban J connectivity index is 1.44. The number of para-hydroxylation sites is 1. The highest BCUT2D eigenvalue weighted by Gasteiger charge is 2.28. The third-order valence-electron chi connectivity index (χ3n) is 6.64. The largest absolute Gasteiger partial charge is 0.314 e. The van der Waals surface area contributed by atoms with E-state index in [1.807, 2.05) is 0 Å². The standard InChI is InChI=1S/C24H23FN6O/c1-14-3-2-4-19(25)24(14)31-21(32)10-20-23(29-31)22(28-27-20)16-6-5-15-7-8-30(13-17(15)9-16)18-11-26-12-18/h2-6,9-10,18,26-27H,7-8,11-13H2,1H3. The van der Waals surface area contributed by atoms with Gasteiger partial charge in [-0.05, 0) is 42.2 Å². The van der Waals surface area contributed by atoms with Crippen LogP contribution in [0.1, 0.15) is 16.7 Å². The number of benzene rings is 2. The van der Waals surface area contributed by atoms with Crippen molar-refractivity contribution < 1.29 is 4.39 Å². The molecule has 6 rings (SSSR count). The van der Waals surface area contributed by atoms with Crippen LogP contribution in [0.3, 0.4) is 0 Å². The van der Waals surface area contributed by atoms with Gasteiger partial charge >= 0.3 is 0 Å². The molecule has 0 spiro atoms. The molecule has 4 aromatic rings. The number of fused-ring (bicyclic) bond motifs is 2. The summed E-state index contributed by atoms with van der Waals surface area (Å²) in [5, 5.41) is 15.3. The summed E-state index contributed by atoms with van der Waals surface area (Å²) in [4.78, 5) is 15.2. The first kappa shape index (κ1) is 19.3. The predicted octanol–water partition coefficient (Wildman–Crippen LogP) is 2.55. The van der Waals surface area contributed by atoms with E-state index < -0.39 is 11.4 Å². The molecule has 2 aromatic heterocycles. The number of aryl methyl sites for hydroxylation is 1. The normalized spacial score (nSPS) is 16.8. The highest BCUT2D eigenvalue weighted by Crippen LogP contribution is 2.30. The summed E-state index contributed by atoms with van der Waals surface area (Å²) < 4.78 is 15.7. The van der Waals surface area contributed by atoms with Gasteiger partial charge in [-0.2, -0.15) is 14.9 Å². The second kappa shape index (κ2) is 7.36. The molecule has 1 fully saturated rings. The molecule has 0 amide bonds. The number of aromatic amines is 1. The average molecular weight is 430 g/mol. The number of nitrogens with zero attached hydrogens (tertiary/aromatic N) is 4. The topological polar surface area (TPSA) is 78.8 Å². The van der Waals surface area contributed by atoms with Crippen LogP contribution in [0.5, 0.6) is 0 Å². The molecule has 1 saturated heterocycles. The number of H-pyrrole nitrogens is 1. The number of aromatic nitrogens is 4. The van der Waals surface area contributed by atoms with Gasteiger partial charge in [0, 0.05) is 43.9 Å². The highest BCUT2D eigenvalue weighted by molar-refractivity contribution is 5.89. The minimum atomic E-state index is -0.483. The molecule has 8 heteroatoms. The molecule has 32 heavy (non-hydrogen) atoms. The number of rotatable bonds is 3. The summed E-state index contributed by atoms with van der Waals surface area (Å²) in [6, 6.07) is 13.2. The van der Waals surface area contributed by atoms with Gasteiger partial charge in [-0.3, -0.25) is 14.8 Å². The van der Waals surface area contributed by atoms with E-state index in [-0.39, 0.29) is 5.69 Å². The number of hydrogen-bond donors (Lipinski definition) is 2. The monoisotopic (exact) mass is 430 g/mol. The zero-order valence-corrected chi connectivity index (χ0v) is 17.7. The number of nitrogens with one attached hydrogen (secondary N) is 2. The Morgan fingerprint density at radius 1 is 1.12 bits per heavy atom. The van der Waals surface area contributed by atoms with E-state index in [1.54, 1.807) is 19.1 Å². The summed E-state index contributed by atoms with van der Waals surface area (Å²) in [7, 11) is 0. The van der Waals surface area contributed by atoms with E-state index in [9.17, 15) is 9.18 Å². The lowest BCUT2D eigenvalue weighted by molar-refractivity contribution is 0.131. The zero-order valence-electron chi connectivity index (χ0n) is 17.7. The van der Waals surface area contributed by atoms with E-state index >= 15 is 0 Å². The maximum absolute atomic E-state index is 14.6. The Hall–Kier alpha value is -3.36. The molecule has 7 nitrogen and oxygen atoms in total. The molecule has 162 valence electrons. The van der Waals surface area contributed by atoms with Crippen LogP contribution in [0.15, 0.2) is 47.3 Å². The molecule has 0 bridgehead atoms. The van der Waals surface area contributed by atoms with Crippen LogP contribution < -0.4 is 10.9 Å². The lowest BCUT2D eigenvalue weighted by Gasteiger charge is -2.41. The van der Waals surface area contributed by atoms with Crippen LogP contribution in [0.2, 0.25) is 0 Å².